The molecule has 5 nitrogen and oxygen atoms in total. The number of fused-ring (bicyclic) bond motifs is 1. The highest BCUT2D eigenvalue weighted by atomic mass is 16.1. The van der Waals surface area contributed by atoms with Crippen molar-refractivity contribution in [2.24, 2.45) is 10.7 Å². The van der Waals surface area contributed by atoms with Crippen LogP contribution in [-0.4, -0.2) is 28.4 Å². The molecule has 2 heterocycles. The van der Waals surface area contributed by atoms with Gasteiger partial charge in [0.2, 0.25) is 0 Å². The third-order valence-corrected chi connectivity index (χ3v) is 1.73. The number of primary amides is 1. The third kappa shape index (κ3) is 0.990. The van der Waals surface area contributed by atoms with E-state index < -0.39 is 5.91 Å². The molecule has 0 saturated carbocycles. The van der Waals surface area contributed by atoms with Crippen molar-refractivity contribution < 1.29 is 4.79 Å². The van der Waals surface area contributed by atoms with Crippen molar-refractivity contribution in [1.82, 2.24) is 9.78 Å². The first-order valence-electron chi connectivity index (χ1n) is 3.65. The van der Waals surface area contributed by atoms with Crippen LogP contribution in [0.4, 0.5) is 0 Å². The van der Waals surface area contributed by atoms with E-state index in [1.54, 1.807) is 17.0 Å². The van der Waals surface area contributed by atoms with E-state index in [-0.39, 0.29) is 0 Å². The van der Waals surface area contributed by atoms with Crippen LogP contribution in [0, 0.1) is 0 Å². The minimum absolute atomic E-state index is 0.304. The maximum absolute atomic E-state index is 10.7. The zero-order chi connectivity index (χ0) is 8.55. The second-order valence-electron chi connectivity index (χ2n) is 2.58. The molecule has 0 aromatic carbocycles. The highest BCUT2D eigenvalue weighted by molar-refractivity contribution is 5.92. The van der Waals surface area contributed by atoms with Crippen molar-refractivity contribution >= 4 is 12.1 Å². The summed E-state index contributed by atoms with van der Waals surface area (Å²) in [6.45, 7) is 1.44. The number of hydrogen-bond acceptors (Lipinski definition) is 3. The maximum atomic E-state index is 10.7. The van der Waals surface area contributed by atoms with Gasteiger partial charge in [-0.05, 0) is 6.07 Å². The summed E-state index contributed by atoms with van der Waals surface area (Å²) in [7, 11) is 0. The number of carbonyl (C=O) groups excluding carboxylic acids is 1. The van der Waals surface area contributed by atoms with E-state index in [9.17, 15) is 4.79 Å². The Balaban J connectivity index is 2.46. The molecule has 2 N–H and O–H groups in total. The number of aromatic nitrogens is 2. The lowest BCUT2D eigenvalue weighted by Gasteiger charge is -2.05. The predicted molar refractivity (Wildman–Crippen MR) is 43.2 cm³/mol. The van der Waals surface area contributed by atoms with Crippen LogP contribution < -0.4 is 5.73 Å². The highest BCUT2D eigenvalue weighted by Gasteiger charge is 2.11. The first-order valence-corrected chi connectivity index (χ1v) is 3.65. The average molecular weight is 164 g/mol. The Morgan fingerprint density at radius 3 is 3.17 bits per heavy atom. The molecular weight excluding hydrogens is 156 g/mol. The van der Waals surface area contributed by atoms with Gasteiger partial charge >= 0.3 is 0 Å². The molecule has 0 fully saturated rings. The fourth-order valence-corrected chi connectivity index (χ4v) is 1.15. The Morgan fingerprint density at radius 1 is 1.67 bits per heavy atom. The van der Waals surface area contributed by atoms with Crippen LogP contribution in [0.3, 0.4) is 0 Å². The number of amides is 1. The molecule has 0 atom stereocenters. The molecule has 0 bridgehead atoms. The maximum Gasteiger partial charge on any atom is 0.269 e. The van der Waals surface area contributed by atoms with Crippen LogP contribution in [0.5, 0.6) is 0 Å². The topological polar surface area (TPSA) is 73.3 Å². The smallest absolute Gasteiger partial charge is 0.269 e. The van der Waals surface area contributed by atoms with Crippen molar-refractivity contribution in [3.05, 3.63) is 17.5 Å². The summed E-state index contributed by atoms with van der Waals surface area (Å²) in [4.78, 5) is 14.8. The number of carbonyl (C=O) groups is 1. The Hall–Kier alpha value is -1.65. The van der Waals surface area contributed by atoms with Crippen LogP contribution in [0.15, 0.2) is 11.1 Å². The molecule has 12 heavy (non-hydrogen) atoms. The van der Waals surface area contributed by atoms with Crippen LogP contribution in [-0.2, 0) is 6.54 Å². The van der Waals surface area contributed by atoms with E-state index in [2.05, 4.69) is 10.1 Å². The van der Waals surface area contributed by atoms with Gasteiger partial charge in [0.1, 0.15) is 0 Å². The normalized spacial score (nSPS) is 14.3. The van der Waals surface area contributed by atoms with E-state index in [0.717, 1.165) is 12.2 Å². The lowest BCUT2D eigenvalue weighted by Crippen LogP contribution is -2.14. The summed E-state index contributed by atoms with van der Waals surface area (Å²) in [6, 6.07) is 1.64. The molecule has 62 valence electrons. The van der Waals surface area contributed by atoms with Gasteiger partial charge in [0, 0.05) is 6.21 Å². The minimum Gasteiger partial charge on any atom is -0.364 e. The summed E-state index contributed by atoms with van der Waals surface area (Å²) in [6.07, 6.45) is 1.70. The molecule has 0 spiro atoms. The number of rotatable bonds is 1. The fraction of sp³-hybridized carbons (Fsp3) is 0.286. The van der Waals surface area contributed by atoms with Crippen LogP contribution in [0.2, 0.25) is 0 Å². The largest absolute Gasteiger partial charge is 0.364 e. The molecule has 5 heteroatoms. The van der Waals surface area contributed by atoms with E-state index in [0.29, 0.717) is 12.2 Å². The summed E-state index contributed by atoms with van der Waals surface area (Å²) in [5.74, 6) is -0.495. The Labute approximate surface area is 68.9 Å². The zero-order valence-electron chi connectivity index (χ0n) is 6.40. The van der Waals surface area contributed by atoms with Gasteiger partial charge in [-0.3, -0.25) is 14.5 Å². The van der Waals surface area contributed by atoms with Gasteiger partial charge in [-0.2, -0.15) is 5.10 Å². The van der Waals surface area contributed by atoms with Gasteiger partial charge in [0.05, 0.1) is 18.8 Å². The van der Waals surface area contributed by atoms with Crippen molar-refractivity contribution in [2.45, 2.75) is 6.54 Å². The number of nitrogens with zero attached hydrogens (tertiary/aromatic N) is 3. The number of nitrogens with two attached hydrogens (primary N) is 1. The van der Waals surface area contributed by atoms with Gasteiger partial charge < -0.3 is 5.73 Å². The molecule has 1 amide bonds. The quantitative estimate of drug-likeness (QED) is 0.602. The van der Waals surface area contributed by atoms with E-state index >= 15 is 0 Å². The molecule has 2 rings (SSSR count). The molecular formula is C7H8N4O. The summed E-state index contributed by atoms with van der Waals surface area (Å²) in [5, 5.41) is 4.00. The lowest BCUT2D eigenvalue weighted by atomic mass is 10.3. The van der Waals surface area contributed by atoms with Gasteiger partial charge in [-0.25, -0.2) is 0 Å². The second kappa shape index (κ2) is 2.44. The van der Waals surface area contributed by atoms with Crippen molar-refractivity contribution in [3.63, 3.8) is 0 Å². The number of aliphatic imine (C=N–C) groups is 1. The van der Waals surface area contributed by atoms with E-state index in [4.69, 9.17) is 5.73 Å². The minimum atomic E-state index is -0.495. The highest BCUT2D eigenvalue weighted by Crippen LogP contribution is 2.04. The van der Waals surface area contributed by atoms with E-state index in [1.165, 1.54) is 0 Å². The molecule has 1 aliphatic heterocycles. The molecule has 0 unspecified atom stereocenters. The Bertz CT molecular complexity index is 352. The molecule has 1 aromatic rings. The van der Waals surface area contributed by atoms with Crippen LogP contribution >= 0.6 is 0 Å². The lowest BCUT2D eigenvalue weighted by molar-refractivity contribution is 0.0994. The zero-order valence-corrected chi connectivity index (χ0v) is 6.40. The van der Waals surface area contributed by atoms with Crippen LogP contribution in [0.25, 0.3) is 0 Å². The molecule has 1 aromatic heterocycles. The molecule has 0 aliphatic carbocycles. The van der Waals surface area contributed by atoms with Gasteiger partial charge in [-0.1, -0.05) is 0 Å². The Kier molecular flexibility index (Phi) is 1.43. The van der Waals surface area contributed by atoms with Crippen molar-refractivity contribution in [2.75, 3.05) is 6.54 Å². The van der Waals surface area contributed by atoms with Crippen molar-refractivity contribution in [3.8, 4) is 0 Å². The monoisotopic (exact) mass is 164 g/mol. The first kappa shape index (κ1) is 7.02. The Morgan fingerprint density at radius 2 is 2.50 bits per heavy atom. The van der Waals surface area contributed by atoms with Crippen LogP contribution in [0.1, 0.15) is 16.2 Å². The third-order valence-electron chi connectivity index (χ3n) is 1.73. The summed E-state index contributed by atoms with van der Waals surface area (Å²) < 4.78 is 1.73. The standard InChI is InChI=1S/C7H8N4O/c8-7(12)6-3-5-4-9-1-2-11(5)10-6/h3-4H,1-2H2,(H2,8,12). The van der Waals surface area contributed by atoms with Gasteiger partial charge in [-0.15, -0.1) is 0 Å². The van der Waals surface area contributed by atoms with E-state index in [1.807, 2.05) is 0 Å². The number of hydrogen-bond donors (Lipinski definition) is 1. The molecule has 1 aliphatic rings. The fourth-order valence-electron chi connectivity index (χ4n) is 1.15. The summed E-state index contributed by atoms with van der Waals surface area (Å²) in [5.41, 5.74) is 6.21. The molecule has 0 saturated heterocycles. The van der Waals surface area contributed by atoms with Gasteiger partial charge in [0.25, 0.3) is 5.91 Å². The van der Waals surface area contributed by atoms with Crippen molar-refractivity contribution in [1.29, 1.82) is 0 Å². The first-order chi connectivity index (χ1) is 5.77. The molecule has 0 radical (unpaired) electrons. The second-order valence-corrected chi connectivity index (χ2v) is 2.58. The average Bonchev–Trinajstić information content (AvgIpc) is 2.46. The summed E-state index contributed by atoms with van der Waals surface area (Å²) >= 11 is 0. The van der Waals surface area contributed by atoms with Gasteiger partial charge in [0.15, 0.2) is 5.69 Å². The SMILES string of the molecule is NC(=O)c1cc2n(n1)CCN=C2. The predicted octanol–water partition coefficient (Wildman–Crippen LogP) is -0.586.